The summed E-state index contributed by atoms with van der Waals surface area (Å²) in [5.41, 5.74) is 3.10. The van der Waals surface area contributed by atoms with Crippen LogP contribution >= 0.6 is 0 Å². The van der Waals surface area contributed by atoms with Crippen LogP contribution in [-0.4, -0.2) is 61.1 Å². The van der Waals surface area contributed by atoms with Crippen LogP contribution in [0, 0.1) is 0 Å². The number of hydrogen-bond acceptors (Lipinski definition) is 13. The largest absolute Gasteiger partial charge is 0.744 e. The van der Waals surface area contributed by atoms with E-state index in [1.165, 1.54) is 11.1 Å². The molecule has 6 aromatic carbocycles. The van der Waals surface area contributed by atoms with Crippen molar-refractivity contribution in [2.45, 2.75) is 101 Å². The molecule has 15 nitrogen and oxygen atoms in total. The summed E-state index contributed by atoms with van der Waals surface area (Å²) in [5.74, 6) is -1.34. The molecule has 0 saturated carbocycles. The first kappa shape index (κ1) is 50.0. The summed E-state index contributed by atoms with van der Waals surface area (Å²) < 4.78 is 78.9. The van der Waals surface area contributed by atoms with Crippen molar-refractivity contribution in [1.82, 2.24) is 5.32 Å². The van der Waals surface area contributed by atoms with E-state index < -0.39 is 53.3 Å². The molecule has 0 bridgehead atoms. The molecule has 4 N–H and O–H groups in total. The number of nitrogens with one attached hydrogen (secondary N) is 2. The Morgan fingerprint density at radius 1 is 0.761 bits per heavy atom. The second-order valence-electron chi connectivity index (χ2n) is 17.7. The minimum Gasteiger partial charge on any atom is -0.744 e. The number of azo groups is 1. The Hall–Kier alpha value is -6.40. The van der Waals surface area contributed by atoms with Gasteiger partial charge >= 0.3 is 0 Å². The molecule has 0 spiro atoms. The molecule has 0 aromatic heterocycles. The van der Waals surface area contributed by atoms with Crippen LogP contribution in [0.2, 0.25) is 0 Å². The molecule has 0 atom stereocenters. The number of benzene rings is 6. The smallest absolute Gasteiger partial charge is 0.255 e. The number of phenols is 2. The maximum Gasteiger partial charge on any atom is 0.255 e. The minimum absolute atomic E-state index is 0.0461. The summed E-state index contributed by atoms with van der Waals surface area (Å²) >= 11 is 0. The zero-order chi connectivity index (χ0) is 49.1. The number of carbonyl (C=O) groups is 2. The predicted octanol–water partition coefficient (Wildman–Crippen LogP) is 10.1. The molecule has 0 saturated heterocycles. The van der Waals surface area contributed by atoms with Crippen molar-refractivity contribution in [3.63, 3.8) is 0 Å². The molecule has 0 aliphatic heterocycles. The van der Waals surface area contributed by atoms with Gasteiger partial charge in [-0.3, -0.25) is 9.59 Å². The molecule has 354 valence electrons. The number of amides is 2. The number of hydrogen-bond donors (Lipinski definition) is 4. The van der Waals surface area contributed by atoms with Gasteiger partial charge in [-0.05, 0) is 113 Å². The Morgan fingerprint density at radius 2 is 1.43 bits per heavy atom. The lowest BCUT2D eigenvalue weighted by Gasteiger charge is -2.30. The normalized spacial score (nSPS) is 12.5. The maximum absolute atomic E-state index is 13.6. The first-order valence-corrected chi connectivity index (χ1v) is 24.6. The summed E-state index contributed by atoms with van der Waals surface area (Å²) in [5, 5.41) is 36.3. The van der Waals surface area contributed by atoms with Crippen molar-refractivity contribution in [2.24, 2.45) is 10.2 Å². The highest BCUT2D eigenvalue weighted by Gasteiger charge is 2.27. The molecule has 0 aliphatic rings. The van der Waals surface area contributed by atoms with Crippen LogP contribution in [0.4, 0.5) is 17.1 Å². The van der Waals surface area contributed by atoms with Crippen LogP contribution in [0.15, 0.2) is 111 Å². The highest BCUT2D eigenvalue weighted by molar-refractivity contribution is 7.86. The topological polar surface area (TPSA) is 247 Å². The van der Waals surface area contributed by atoms with E-state index in [-0.39, 0.29) is 44.3 Å². The summed E-state index contributed by atoms with van der Waals surface area (Å²) in [6.45, 7) is 15.2. The Labute approximate surface area is 390 Å². The Morgan fingerprint density at radius 3 is 2.06 bits per heavy atom. The molecule has 0 heterocycles. The second kappa shape index (κ2) is 19.8. The Kier molecular flexibility index (Phi) is 14.8. The zero-order valence-electron chi connectivity index (χ0n) is 38.4. The molecule has 0 radical (unpaired) electrons. The predicted molar refractivity (Wildman–Crippen MR) is 255 cm³/mol. The van der Waals surface area contributed by atoms with Crippen LogP contribution in [0.25, 0.3) is 21.5 Å². The fourth-order valence-electron chi connectivity index (χ4n) is 7.65. The molecule has 17 heteroatoms. The van der Waals surface area contributed by atoms with Gasteiger partial charge in [0.25, 0.3) is 5.91 Å². The monoisotopic (exact) mass is 950 g/mol. The van der Waals surface area contributed by atoms with Gasteiger partial charge in [-0.25, -0.2) is 16.8 Å². The lowest BCUT2D eigenvalue weighted by molar-refractivity contribution is -0.114. The van der Waals surface area contributed by atoms with Gasteiger partial charge in [0.05, 0.1) is 33.3 Å². The van der Waals surface area contributed by atoms with Crippen molar-refractivity contribution in [2.75, 3.05) is 18.5 Å². The van der Waals surface area contributed by atoms with Gasteiger partial charge in [-0.1, -0.05) is 90.1 Å². The Bertz CT molecular complexity index is 3130. The summed E-state index contributed by atoms with van der Waals surface area (Å²) in [6.07, 6.45) is 3.63. The van der Waals surface area contributed by atoms with Crippen LogP contribution in [0.3, 0.4) is 0 Å². The maximum atomic E-state index is 13.6. The average molecular weight is 951 g/mol. The third-order valence-electron chi connectivity index (χ3n) is 12.3. The molecule has 67 heavy (non-hydrogen) atoms. The fourth-order valence-corrected chi connectivity index (χ4v) is 8.83. The highest BCUT2D eigenvalue weighted by atomic mass is 32.2. The first-order valence-electron chi connectivity index (χ1n) is 21.8. The second-order valence-corrected chi connectivity index (χ2v) is 20.5. The first-order chi connectivity index (χ1) is 31.4. The van der Waals surface area contributed by atoms with Gasteiger partial charge in [0.1, 0.15) is 37.4 Å². The number of nitrogens with zero attached hydrogens (tertiary/aromatic N) is 2. The van der Waals surface area contributed by atoms with Crippen molar-refractivity contribution < 1.29 is 50.5 Å². The van der Waals surface area contributed by atoms with Gasteiger partial charge in [0, 0.05) is 29.8 Å². The number of aromatic hydroxyl groups is 2. The highest BCUT2D eigenvalue weighted by Crippen LogP contribution is 2.45. The van der Waals surface area contributed by atoms with Crippen molar-refractivity contribution in [3.05, 3.63) is 119 Å². The number of carbonyl (C=O) groups excluding carboxylic acids is 2. The number of fused-ring (bicyclic) bond motifs is 2. The zero-order valence-corrected chi connectivity index (χ0v) is 40.0. The van der Waals surface area contributed by atoms with Gasteiger partial charge < -0.3 is 34.7 Å². The van der Waals surface area contributed by atoms with Crippen molar-refractivity contribution in [3.8, 4) is 17.2 Å². The van der Waals surface area contributed by atoms with Crippen LogP contribution in [-0.2, 0) is 42.3 Å². The molecule has 6 rings (SSSR count). The molecular weight excluding hydrogens is 897 g/mol. The summed E-state index contributed by atoms with van der Waals surface area (Å²) in [4.78, 5) is 23.6. The SMILES string of the molecule is CCC(C)(C)c1ccc(OCCCCNC(=O)c2cc(Cc3ccc(N=Nc4c(S(=O)(=O)[O-])cc5cc(S(=O)(=O)[O-])cc(NC(C)=O)c5c4O)cc3)c3ccccc3c2O)c(C(C)(C)CC)c1. The quantitative estimate of drug-likeness (QED) is 0.0358. The van der Waals surface area contributed by atoms with E-state index in [4.69, 9.17) is 4.74 Å². The van der Waals surface area contributed by atoms with E-state index in [1.807, 2.05) is 12.1 Å². The van der Waals surface area contributed by atoms with Crippen LogP contribution in [0.1, 0.15) is 107 Å². The molecule has 0 unspecified atom stereocenters. The van der Waals surface area contributed by atoms with Gasteiger partial charge in [0.15, 0.2) is 5.75 Å². The third kappa shape index (κ3) is 11.4. The molecule has 2 amide bonds. The number of rotatable bonds is 18. The van der Waals surface area contributed by atoms with Crippen LogP contribution in [0.5, 0.6) is 17.2 Å². The van der Waals surface area contributed by atoms with Gasteiger partial charge in [0.2, 0.25) is 5.91 Å². The number of ether oxygens (including phenoxy) is 1. The third-order valence-corrected chi connectivity index (χ3v) is 14.0. The molecule has 0 aliphatic carbocycles. The lowest BCUT2D eigenvalue weighted by atomic mass is 9.76. The Balaban J connectivity index is 1.17. The number of unbranched alkanes of at least 4 members (excludes halogenated alkanes) is 1. The van der Waals surface area contributed by atoms with Gasteiger partial charge in [-0.15, -0.1) is 5.11 Å². The summed E-state index contributed by atoms with van der Waals surface area (Å²) in [7, 11) is -10.5. The minimum atomic E-state index is -5.37. The number of phenolic OH excluding ortho intramolecular Hbond substituents is 2. The fraction of sp³-hybridized carbons (Fsp3) is 0.320. The molecule has 0 fully saturated rings. The van der Waals surface area contributed by atoms with Gasteiger partial charge in [-0.2, -0.15) is 5.11 Å². The number of anilines is 1. The molecular formula is C50H54N4O11S2-2. The van der Waals surface area contributed by atoms with Crippen LogP contribution < -0.4 is 15.4 Å². The standard InChI is InChI=1S/C50H56N4O11S2/c1-8-49(4,5)34-18-21-42(40(28-34)50(6,7)9-2)65-23-13-12-22-51-48(58)39-26-32(37-14-10-11-15-38(37)46(39)56)24-31-16-19-35(20-17-31)53-54-45-43(67(62,63)64)27-33-25-36(66(59,60)61)29-41(52-30(3)55)44(33)47(45)57/h10-11,14-21,25-29,56-57H,8-9,12-13,22-24H2,1-7H3,(H,51,58)(H,52,55)(H,59,60,61)(H,62,63,64)/p-2. The lowest BCUT2D eigenvalue weighted by Crippen LogP contribution is -2.25. The van der Waals surface area contributed by atoms with E-state index >= 15 is 0 Å². The van der Waals surface area contributed by atoms with E-state index in [9.17, 15) is 45.7 Å². The van der Waals surface area contributed by atoms with E-state index in [2.05, 4.69) is 80.6 Å². The molecule has 6 aromatic rings. The summed E-state index contributed by atoms with van der Waals surface area (Å²) in [6, 6.07) is 24.1. The van der Waals surface area contributed by atoms with E-state index in [0.29, 0.717) is 37.8 Å². The van der Waals surface area contributed by atoms with Crippen molar-refractivity contribution in [1.29, 1.82) is 0 Å². The van der Waals surface area contributed by atoms with Crippen molar-refractivity contribution >= 4 is 70.7 Å². The average Bonchev–Trinajstić information content (AvgIpc) is 3.27. The van der Waals surface area contributed by atoms with E-state index in [0.717, 1.165) is 60.2 Å². The van der Waals surface area contributed by atoms with E-state index in [1.54, 1.807) is 42.5 Å².